The minimum absolute atomic E-state index is 0.161. The van der Waals surface area contributed by atoms with Gasteiger partial charge in [-0.1, -0.05) is 12.1 Å². The molecule has 0 aliphatic carbocycles. The van der Waals surface area contributed by atoms with E-state index in [4.69, 9.17) is 4.74 Å². The summed E-state index contributed by atoms with van der Waals surface area (Å²) in [5, 5.41) is 0. The molecule has 1 aromatic rings. The number of carbonyl (C=O) groups is 2. The third-order valence-electron chi connectivity index (χ3n) is 2.24. The van der Waals surface area contributed by atoms with Gasteiger partial charge in [0.25, 0.3) is 0 Å². The molecule has 1 aromatic carbocycles. The van der Waals surface area contributed by atoms with E-state index >= 15 is 0 Å². The van der Waals surface area contributed by atoms with Crippen LogP contribution in [0.3, 0.4) is 0 Å². The zero-order chi connectivity index (χ0) is 15.6. The molecule has 0 saturated carbocycles. The first-order valence-electron chi connectivity index (χ1n) is 5.91. The van der Waals surface area contributed by atoms with E-state index in [0.29, 0.717) is 0 Å². The lowest BCUT2D eigenvalue weighted by atomic mass is 10.0. The molecule has 0 amide bonds. The lowest BCUT2D eigenvalue weighted by Crippen LogP contribution is -2.25. The van der Waals surface area contributed by atoms with E-state index in [0.717, 1.165) is 18.2 Å². The first-order valence-corrected chi connectivity index (χ1v) is 5.91. The van der Waals surface area contributed by atoms with Crippen molar-refractivity contribution >= 4 is 11.8 Å². The van der Waals surface area contributed by atoms with E-state index < -0.39 is 35.5 Å². The highest BCUT2D eigenvalue weighted by molar-refractivity contribution is 6.06. The van der Waals surface area contributed by atoms with Crippen LogP contribution >= 0.6 is 0 Å². The lowest BCUT2D eigenvalue weighted by Gasteiger charge is -2.19. The first kappa shape index (κ1) is 16.2. The van der Waals surface area contributed by atoms with E-state index in [1.807, 2.05) is 0 Å². The van der Waals surface area contributed by atoms with Crippen LogP contribution in [0.4, 0.5) is 13.2 Å². The van der Waals surface area contributed by atoms with Crippen molar-refractivity contribution in [3.63, 3.8) is 0 Å². The number of rotatable bonds is 3. The van der Waals surface area contributed by atoms with Gasteiger partial charge in [0.2, 0.25) is 0 Å². The van der Waals surface area contributed by atoms with Gasteiger partial charge in [-0.05, 0) is 32.9 Å². The maximum absolute atomic E-state index is 12.5. The van der Waals surface area contributed by atoms with Gasteiger partial charge in [0.1, 0.15) is 12.0 Å². The molecular formula is C14H15F3O3. The van der Waals surface area contributed by atoms with Crippen LogP contribution in [-0.4, -0.2) is 17.4 Å². The zero-order valence-electron chi connectivity index (χ0n) is 11.4. The third-order valence-corrected chi connectivity index (χ3v) is 2.24. The maximum atomic E-state index is 12.5. The number of hydrogen-bond donors (Lipinski definition) is 0. The number of ketones is 1. The summed E-state index contributed by atoms with van der Waals surface area (Å²) in [6.45, 7) is 4.92. The number of hydrogen-bond acceptors (Lipinski definition) is 3. The van der Waals surface area contributed by atoms with Gasteiger partial charge in [-0.2, -0.15) is 13.2 Å². The van der Waals surface area contributed by atoms with Gasteiger partial charge in [0.05, 0.1) is 5.56 Å². The highest BCUT2D eigenvalue weighted by atomic mass is 19.4. The molecule has 0 aromatic heterocycles. The Kier molecular flexibility index (Phi) is 4.57. The largest absolute Gasteiger partial charge is 0.460 e. The number of ether oxygens (including phenoxy) is 1. The van der Waals surface area contributed by atoms with Gasteiger partial charge in [-0.3, -0.25) is 9.59 Å². The predicted octanol–water partition coefficient (Wildman–Crippen LogP) is 3.62. The first-order chi connectivity index (χ1) is 8.99. The molecule has 0 spiro atoms. The van der Waals surface area contributed by atoms with E-state index in [2.05, 4.69) is 0 Å². The second-order valence-electron chi connectivity index (χ2n) is 5.26. The summed E-state index contributed by atoms with van der Waals surface area (Å²) in [5.41, 5.74) is -1.83. The molecule has 0 fully saturated rings. The molecule has 0 saturated heterocycles. The molecule has 0 unspecified atom stereocenters. The van der Waals surface area contributed by atoms with Crippen LogP contribution in [0.5, 0.6) is 0 Å². The molecule has 6 heteroatoms. The second kappa shape index (κ2) is 5.64. The summed E-state index contributed by atoms with van der Waals surface area (Å²) < 4.78 is 42.5. The SMILES string of the molecule is CC(C)(C)OC(=O)CC(=O)c1cccc(C(F)(F)F)c1. The van der Waals surface area contributed by atoms with Crippen LogP contribution in [0.1, 0.15) is 43.1 Å². The highest BCUT2D eigenvalue weighted by Gasteiger charge is 2.31. The Hall–Kier alpha value is -1.85. The van der Waals surface area contributed by atoms with Gasteiger partial charge in [-0.25, -0.2) is 0 Å². The molecular weight excluding hydrogens is 273 g/mol. The van der Waals surface area contributed by atoms with Gasteiger partial charge in [0, 0.05) is 5.56 Å². The Balaban J connectivity index is 2.81. The zero-order valence-corrected chi connectivity index (χ0v) is 11.4. The van der Waals surface area contributed by atoms with Gasteiger partial charge in [0.15, 0.2) is 5.78 Å². The standard InChI is InChI=1S/C14H15F3O3/c1-13(2,3)20-12(19)8-11(18)9-5-4-6-10(7-9)14(15,16)17/h4-7H,8H2,1-3H3. The molecule has 110 valence electrons. The van der Waals surface area contributed by atoms with Crippen molar-refractivity contribution < 1.29 is 27.5 Å². The van der Waals surface area contributed by atoms with Gasteiger partial charge < -0.3 is 4.74 Å². The fourth-order valence-electron chi connectivity index (χ4n) is 1.48. The van der Waals surface area contributed by atoms with Gasteiger partial charge >= 0.3 is 12.1 Å². The average Bonchev–Trinajstić information content (AvgIpc) is 2.25. The minimum Gasteiger partial charge on any atom is -0.460 e. The Morgan fingerprint density at radius 1 is 1.15 bits per heavy atom. The number of carbonyl (C=O) groups excluding carboxylic acids is 2. The van der Waals surface area contributed by atoms with Crippen molar-refractivity contribution in [3.8, 4) is 0 Å². The number of halogens is 3. The van der Waals surface area contributed by atoms with E-state index in [-0.39, 0.29) is 5.56 Å². The average molecular weight is 288 g/mol. The van der Waals surface area contributed by atoms with E-state index in [1.54, 1.807) is 20.8 Å². The van der Waals surface area contributed by atoms with Crippen molar-refractivity contribution in [1.29, 1.82) is 0 Å². The normalized spacial score (nSPS) is 12.1. The van der Waals surface area contributed by atoms with Crippen LogP contribution in [-0.2, 0) is 15.7 Å². The third kappa shape index (κ3) is 5.03. The van der Waals surface area contributed by atoms with Crippen LogP contribution in [0, 0.1) is 0 Å². The quantitative estimate of drug-likeness (QED) is 0.484. The summed E-state index contributed by atoms with van der Waals surface area (Å²) >= 11 is 0. The number of esters is 1. The van der Waals surface area contributed by atoms with Crippen LogP contribution in [0.25, 0.3) is 0 Å². The topological polar surface area (TPSA) is 43.4 Å². The summed E-state index contributed by atoms with van der Waals surface area (Å²) in [6.07, 6.45) is -5.11. The molecule has 0 radical (unpaired) electrons. The van der Waals surface area contributed by atoms with Crippen LogP contribution < -0.4 is 0 Å². The fourth-order valence-corrected chi connectivity index (χ4v) is 1.48. The van der Waals surface area contributed by atoms with Crippen molar-refractivity contribution in [1.82, 2.24) is 0 Å². The lowest BCUT2D eigenvalue weighted by molar-refractivity contribution is -0.153. The van der Waals surface area contributed by atoms with Crippen molar-refractivity contribution in [2.45, 2.75) is 39.0 Å². The molecule has 0 atom stereocenters. The molecule has 0 heterocycles. The molecule has 0 N–H and O–H groups in total. The highest BCUT2D eigenvalue weighted by Crippen LogP contribution is 2.29. The summed E-state index contributed by atoms with van der Waals surface area (Å²) in [5.74, 6) is -1.47. The summed E-state index contributed by atoms with van der Waals surface area (Å²) in [7, 11) is 0. The Morgan fingerprint density at radius 2 is 1.75 bits per heavy atom. The maximum Gasteiger partial charge on any atom is 0.416 e. The summed E-state index contributed by atoms with van der Waals surface area (Å²) in [6, 6.07) is 3.96. The smallest absolute Gasteiger partial charge is 0.416 e. The van der Waals surface area contributed by atoms with Crippen LogP contribution in [0.2, 0.25) is 0 Å². The summed E-state index contributed by atoms with van der Waals surface area (Å²) in [4.78, 5) is 23.2. The molecule has 1 rings (SSSR count). The Morgan fingerprint density at radius 3 is 2.25 bits per heavy atom. The predicted molar refractivity (Wildman–Crippen MR) is 66.2 cm³/mol. The van der Waals surface area contributed by atoms with Crippen molar-refractivity contribution in [3.05, 3.63) is 35.4 Å². The van der Waals surface area contributed by atoms with Crippen molar-refractivity contribution in [2.24, 2.45) is 0 Å². The Labute approximate surface area is 114 Å². The molecule has 3 nitrogen and oxygen atoms in total. The Bertz CT molecular complexity index is 513. The minimum atomic E-state index is -4.53. The van der Waals surface area contributed by atoms with Crippen LogP contribution in [0.15, 0.2) is 24.3 Å². The fraction of sp³-hybridized carbons (Fsp3) is 0.429. The molecule has 20 heavy (non-hydrogen) atoms. The number of benzene rings is 1. The molecule has 0 bridgehead atoms. The van der Waals surface area contributed by atoms with Gasteiger partial charge in [-0.15, -0.1) is 0 Å². The van der Waals surface area contributed by atoms with Crippen molar-refractivity contribution in [2.75, 3.05) is 0 Å². The monoisotopic (exact) mass is 288 g/mol. The number of Topliss-reactive ketones (excluding diaryl/α,β-unsaturated/α-hetero) is 1. The second-order valence-corrected chi connectivity index (χ2v) is 5.26. The molecule has 0 aliphatic heterocycles. The number of alkyl halides is 3. The molecule has 0 aliphatic rings. The van der Waals surface area contributed by atoms with E-state index in [9.17, 15) is 22.8 Å². The van der Waals surface area contributed by atoms with E-state index in [1.165, 1.54) is 6.07 Å².